The number of rotatable bonds is 11. The molecule has 176 valence electrons. The molecule has 1 aliphatic heterocycles. The van der Waals surface area contributed by atoms with E-state index in [0.29, 0.717) is 45.0 Å². The number of halogens is 1. The molecule has 1 saturated heterocycles. The lowest BCUT2D eigenvalue weighted by molar-refractivity contribution is -0.130. The van der Waals surface area contributed by atoms with Crippen LogP contribution in [0.3, 0.4) is 0 Å². The van der Waals surface area contributed by atoms with Crippen LogP contribution in [-0.4, -0.2) is 83.7 Å². The van der Waals surface area contributed by atoms with Crippen LogP contribution < -0.4 is 10.0 Å². The van der Waals surface area contributed by atoms with Crippen molar-refractivity contribution in [3.63, 3.8) is 0 Å². The molecular formula is C21H35BrN4O4S. The highest BCUT2D eigenvalue weighted by Crippen LogP contribution is 2.28. The molecular weight excluding hydrogens is 484 g/mol. The maximum atomic E-state index is 13.0. The third kappa shape index (κ3) is 7.71. The Morgan fingerprint density at radius 3 is 2.52 bits per heavy atom. The zero-order valence-corrected chi connectivity index (χ0v) is 21.3. The highest BCUT2D eigenvalue weighted by atomic mass is 79.9. The average molecular weight is 520 g/mol. The number of methoxy groups -OCH3 is 1. The summed E-state index contributed by atoms with van der Waals surface area (Å²) < 4.78 is 34.9. The second kappa shape index (κ2) is 11.6. The Hall–Kier alpha value is -1.20. The predicted octanol–water partition coefficient (Wildman–Crippen LogP) is 2.37. The lowest BCUT2D eigenvalue weighted by Gasteiger charge is -2.34. The van der Waals surface area contributed by atoms with Crippen molar-refractivity contribution in [2.24, 2.45) is 5.41 Å². The third-order valence-electron chi connectivity index (χ3n) is 5.82. The molecule has 8 nitrogen and oxygen atoms in total. The Kier molecular flexibility index (Phi) is 9.75. The lowest BCUT2D eigenvalue weighted by Crippen LogP contribution is -2.49. The summed E-state index contributed by atoms with van der Waals surface area (Å²) in [5.74, 6) is 0.0836. The summed E-state index contributed by atoms with van der Waals surface area (Å²) in [7, 11) is -2.00. The van der Waals surface area contributed by atoms with E-state index in [9.17, 15) is 13.2 Å². The molecule has 1 amide bonds. The lowest BCUT2D eigenvalue weighted by atomic mass is 9.88. The number of amides is 1. The first-order valence-corrected chi connectivity index (χ1v) is 12.9. The minimum Gasteiger partial charge on any atom is -0.384 e. The van der Waals surface area contributed by atoms with Gasteiger partial charge in [-0.25, -0.2) is 13.1 Å². The van der Waals surface area contributed by atoms with Gasteiger partial charge < -0.3 is 15.0 Å². The molecule has 1 atom stereocenters. The number of carbonyl (C=O) groups excluding carboxylic acids is 1. The van der Waals surface area contributed by atoms with Gasteiger partial charge in [0.2, 0.25) is 15.9 Å². The van der Waals surface area contributed by atoms with E-state index in [1.165, 1.54) is 0 Å². The quantitative estimate of drug-likeness (QED) is 0.467. The molecule has 0 bridgehead atoms. The van der Waals surface area contributed by atoms with Crippen molar-refractivity contribution in [3.05, 3.63) is 22.7 Å². The molecule has 0 aromatic heterocycles. The molecule has 0 aliphatic carbocycles. The van der Waals surface area contributed by atoms with Crippen molar-refractivity contribution in [2.75, 3.05) is 64.8 Å². The van der Waals surface area contributed by atoms with Crippen LogP contribution in [0.25, 0.3) is 0 Å². The second-order valence-electron chi connectivity index (χ2n) is 8.34. The maximum Gasteiger partial charge on any atom is 0.242 e. The van der Waals surface area contributed by atoms with Gasteiger partial charge in [0.1, 0.15) is 4.90 Å². The first kappa shape index (κ1) is 26.1. The summed E-state index contributed by atoms with van der Waals surface area (Å²) in [5.41, 5.74) is 0.459. The molecule has 1 aromatic rings. The predicted molar refractivity (Wildman–Crippen MR) is 127 cm³/mol. The standard InChI is InChI=1S/C21H35BrN4O4S/c1-5-21(3,16-30-4)15-23-19-14-18(22)6-7-20(19)31(28,29)24-8-9-25-10-12-26(13-11-25)17(2)27/h6-7,14,23-24H,5,8-13,15-16H2,1-4H3. The molecule has 0 radical (unpaired) electrons. The molecule has 2 N–H and O–H groups in total. The van der Waals surface area contributed by atoms with Crippen LogP contribution >= 0.6 is 15.9 Å². The van der Waals surface area contributed by atoms with Crippen molar-refractivity contribution < 1.29 is 17.9 Å². The Balaban J connectivity index is 2.00. The van der Waals surface area contributed by atoms with Crippen LogP contribution in [0.1, 0.15) is 27.2 Å². The summed E-state index contributed by atoms with van der Waals surface area (Å²) in [5, 5.41) is 3.31. The number of hydrogen-bond acceptors (Lipinski definition) is 6. The van der Waals surface area contributed by atoms with Crippen LogP contribution in [0.15, 0.2) is 27.6 Å². The number of nitrogens with one attached hydrogen (secondary N) is 2. The number of hydrogen-bond donors (Lipinski definition) is 2. The van der Waals surface area contributed by atoms with E-state index in [2.05, 4.69) is 44.7 Å². The fourth-order valence-corrected chi connectivity index (χ4v) is 5.06. The number of benzene rings is 1. The average Bonchev–Trinajstić information content (AvgIpc) is 2.72. The minimum absolute atomic E-state index is 0.0836. The minimum atomic E-state index is -3.68. The van der Waals surface area contributed by atoms with E-state index < -0.39 is 10.0 Å². The normalized spacial score (nSPS) is 17.4. The maximum absolute atomic E-state index is 13.0. The highest BCUT2D eigenvalue weighted by molar-refractivity contribution is 9.10. The smallest absolute Gasteiger partial charge is 0.242 e. The van der Waals surface area contributed by atoms with E-state index in [0.717, 1.165) is 24.0 Å². The molecule has 2 rings (SSSR count). The Labute approximate surface area is 194 Å². The van der Waals surface area contributed by atoms with Gasteiger partial charge in [-0.2, -0.15) is 0 Å². The zero-order valence-electron chi connectivity index (χ0n) is 18.9. The summed E-state index contributed by atoms with van der Waals surface area (Å²) in [4.78, 5) is 15.6. The molecule has 10 heteroatoms. The first-order valence-electron chi connectivity index (χ1n) is 10.6. The summed E-state index contributed by atoms with van der Waals surface area (Å²) in [6.45, 7) is 10.7. The monoisotopic (exact) mass is 518 g/mol. The highest BCUT2D eigenvalue weighted by Gasteiger charge is 2.25. The van der Waals surface area contributed by atoms with Gasteiger partial charge in [0.05, 0.1) is 12.3 Å². The van der Waals surface area contributed by atoms with Gasteiger partial charge in [-0.1, -0.05) is 29.8 Å². The van der Waals surface area contributed by atoms with Crippen molar-refractivity contribution in [1.82, 2.24) is 14.5 Å². The molecule has 0 saturated carbocycles. The molecule has 1 heterocycles. The van der Waals surface area contributed by atoms with Gasteiger partial charge in [-0.05, 0) is 24.6 Å². The van der Waals surface area contributed by atoms with Crippen molar-refractivity contribution in [2.45, 2.75) is 32.1 Å². The Morgan fingerprint density at radius 2 is 1.94 bits per heavy atom. The zero-order chi connectivity index (χ0) is 23.1. The number of nitrogens with zero attached hydrogens (tertiary/aromatic N) is 2. The molecule has 1 fully saturated rings. The van der Waals surface area contributed by atoms with Gasteiger partial charge >= 0.3 is 0 Å². The van der Waals surface area contributed by atoms with E-state index in [-0.39, 0.29) is 16.2 Å². The van der Waals surface area contributed by atoms with Gasteiger partial charge in [0.25, 0.3) is 0 Å². The topological polar surface area (TPSA) is 91.0 Å². The number of carbonyl (C=O) groups is 1. The third-order valence-corrected chi connectivity index (χ3v) is 7.83. The van der Waals surface area contributed by atoms with Crippen LogP contribution in [-0.2, 0) is 19.6 Å². The van der Waals surface area contributed by atoms with Gasteiger partial charge in [-0.3, -0.25) is 9.69 Å². The fourth-order valence-electron chi connectivity index (χ4n) is 3.51. The van der Waals surface area contributed by atoms with E-state index in [4.69, 9.17) is 4.74 Å². The molecule has 0 spiro atoms. The molecule has 1 aliphatic rings. The number of anilines is 1. The Bertz CT molecular complexity index is 844. The summed E-state index contributed by atoms with van der Waals surface area (Å²) in [6.07, 6.45) is 0.902. The summed E-state index contributed by atoms with van der Waals surface area (Å²) in [6, 6.07) is 5.13. The fraction of sp³-hybridized carbons (Fsp3) is 0.667. The molecule has 1 aromatic carbocycles. The first-order chi connectivity index (χ1) is 14.6. The van der Waals surface area contributed by atoms with E-state index in [1.807, 2.05) is 4.90 Å². The van der Waals surface area contributed by atoms with E-state index in [1.54, 1.807) is 32.2 Å². The number of ether oxygens (including phenoxy) is 1. The van der Waals surface area contributed by atoms with Crippen molar-refractivity contribution >= 4 is 37.5 Å². The SMILES string of the molecule is CCC(C)(CNc1cc(Br)ccc1S(=O)(=O)NCCN1CCN(C(C)=O)CC1)COC. The van der Waals surface area contributed by atoms with Gasteiger partial charge in [0.15, 0.2) is 0 Å². The van der Waals surface area contributed by atoms with Gasteiger partial charge in [-0.15, -0.1) is 0 Å². The van der Waals surface area contributed by atoms with Crippen molar-refractivity contribution in [3.8, 4) is 0 Å². The van der Waals surface area contributed by atoms with Crippen LogP contribution in [0.4, 0.5) is 5.69 Å². The van der Waals surface area contributed by atoms with E-state index >= 15 is 0 Å². The molecule has 31 heavy (non-hydrogen) atoms. The largest absolute Gasteiger partial charge is 0.384 e. The van der Waals surface area contributed by atoms with Crippen LogP contribution in [0.2, 0.25) is 0 Å². The summed E-state index contributed by atoms with van der Waals surface area (Å²) >= 11 is 3.44. The van der Waals surface area contributed by atoms with Gasteiger partial charge in [0, 0.05) is 69.7 Å². The molecule has 1 unspecified atom stereocenters. The van der Waals surface area contributed by atoms with Crippen molar-refractivity contribution in [1.29, 1.82) is 0 Å². The number of piperazine rings is 1. The second-order valence-corrected chi connectivity index (χ2v) is 11.0. The van der Waals surface area contributed by atoms with Crippen LogP contribution in [0, 0.1) is 5.41 Å². The Morgan fingerprint density at radius 1 is 1.26 bits per heavy atom. The van der Waals surface area contributed by atoms with Crippen LogP contribution in [0.5, 0.6) is 0 Å². The number of sulfonamides is 1.